The van der Waals surface area contributed by atoms with Crippen molar-refractivity contribution in [3.63, 3.8) is 0 Å². The minimum Gasteiger partial charge on any atom is -0.259 e. The molecule has 0 heterocycles. The van der Waals surface area contributed by atoms with Gasteiger partial charge in [0.05, 0.1) is 4.92 Å². The number of nitro groups is 1. The van der Waals surface area contributed by atoms with Crippen molar-refractivity contribution in [2.75, 3.05) is 0 Å². The van der Waals surface area contributed by atoms with Crippen LogP contribution in [0.25, 0.3) is 6.08 Å². The summed E-state index contributed by atoms with van der Waals surface area (Å²) in [5.41, 5.74) is 2.09. The van der Waals surface area contributed by atoms with Crippen LogP contribution >= 0.6 is 0 Å². The second-order valence-electron chi connectivity index (χ2n) is 3.42. The van der Waals surface area contributed by atoms with Crippen molar-refractivity contribution in [3.05, 3.63) is 51.7 Å². The smallest absolute Gasteiger partial charge is 0.235 e. The maximum Gasteiger partial charge on any atom is 0.235 e. The predicted molar refractivity (Wildman–Crippen MR) is 56.6 cm³/mol. The van der Waals surface area contributed by atoms with Gasteiger partial charge in [-0.3, -0.25) is 10.1 Å². The van der Waals surface area contributed by atoms with Crippen LogP contribution < -0.4 is 0 Å². The highest BCUT2D eigenvalue weighted by Crippen LogP contribution is 2.15. The van der Waals surface area contributed by atoms with E-state index in [0.717, 1.165) is 11.8 Å². The maximum atomic E-state index is 10.1. The molecule has 14 heavy (non-hydrogen) atoms. The molecule has 1 aromatic carbocycles. The first-order valence-corrected chi connectivity index (χ1v) is 4.51. The summed E-state index contributed by atoms with van der Waals surface area (Å²) >= 11 is 0. The lowest BCUT2D eigenvalue weighted by Crippen LogP contribution is -1.86. The molecule has 0 aromatic heterocycles. The van der Waals surface area contributed by atoms with Gasteiger partial charge in [0.25, 0.3) is 0 Å². The summed E-state index contributed by atoms with van der Waals surface area (Å²) in [7, 11) is 0. The lowest BCUT2D eigenvalue weighted by Gasteiger charge is -2.03. The molecule has 1 rings (SSSR count). The SMILES string of the molecule is CC(C)c1ccc(C=C[N+](=O)[O-])cc1. The van der Waals surface area contributed by atoms with Crippen molar-refractivity contribution in [3.8, 4) is 0 Å². The Hall–Kier alpha value is -1.64. The Morgan fingerprint density at radius 3 is 2.29 bits per heavy atom. The summed E-state index contributed by atoms with van der Waals surface area (Å²) in [6, 6.07) is 7.75. The Labute approximate surface area is 83.2 Å². The van der Waals surface area contributed by atoms with Gasteiger partial charge < -0.3 is 0 Å². The van der Waals surface area contributed by atoms with E-state index in [4.69, 9.17) is 0 Å². The van der Waals surface area contributed by atoms with Gasteiger partial charge in [-0.2, -0.15) is 0 Å². The molecule has 0 aliphatic heterocycles. The number of benzene rings is 1. The van der Waals surface area contributed by atoms with E-state index in [0.29, 0.717) is 5.92 Å². The van der Waals surface area contributed by atoms with Crippen molar-refractivity contribution < 1.29 is 4.92 Å². The highest BCUT2D eigenvalue weighted by atomic mass is 16.6. The predicted octanol–water partition coefficient (Wildman–Crippen LogP) is 3.06. The highest BCUT2D eigenvalue weighted by molar-refractivity contribution is 5.48. The minimum absolute atomic E-state index is 0.462. The van der Waals surface area contributed by atoms with Crippen LogP contribution in [0.5, 0.6) is 0 Å². The lowest BCUT2D eigenvalue weighted by atomic mass is 10.0. The van der Waals surface area contributed by atoms with E-state index < -0.39 is 4.92 Å². The van der Waals surface area contributed by atoms with Crippen LogP contribution in [0.4, 0.5) is 0 Å². The summed E-state index contributed by atoms with van der Waals surface area (Å²) < 4.78 is 0. The molecule has 0 saturated carbocycles. The molecule has 0 radical (unpaired) electrons. The average Bonchev–Trinajstić information content (AvgIpc) is 2.15. The zero-order chi connectivity index (χ0) is 10.6. The third-order valence-corrected chi connectivity index (χ3v) is 1.99. The normalized spacial score (nSPS) is 11.1. The summed E-state index contributed by atoms with van der Waals surface area (Å²) in [6.07, 6.45) is 2.44. The number of nitrogens with zero attached hydrogens (tertiary/aromatic N) is 1. The molecule has 0 fully saturated rings. The van der Waals surface area contributed by atoms with Gasteiger partial charge in [-0.15, -0.1) is 0 Å². The molecular formula is C11H13NO2. The quantitative estimate of drug-likeness (QED) is 0.544. The molecule has 0 unspecified atom stereocenters. The van der Waals surface area contributed by atoms with Gasteiger partial charge in [-0.25, -0.2) is 0 Å². The number of hydrogen-bond acceptors (Lipinski definition) is 2. The van der Waals surface area contributed by atoms with Crippen LogP contribution in [-0.4, -0.2) is 4.92 Å². The topological polar surface area (TPSA) is 43.1 Å². The maximum absolute atomic E-state index is 10.1. The largest absolute Gasteiger partial charge is 0.259 e. The van der Waals surface area contributed by atoms with Gasteiger partial charge in [0.15, 0.2) is 0 Å². The third kappa shape index (κ3) is 3.01. The zero-order valence-corrected chi connectivity index (χ0v) is 8.31. The van der Waals surface area contributed by atoms with Crippen molar-refractivity contribution in [1.29, 1.82) is 0 Å². The van der Waals surface area contributed by atoms with Crippen molar-refractivity contribution in [2.45, 2.75) is 19.8 Å². The van der Waals surface area contributed by atoms with E-state index in [1.807, 2.05) is 24.3 Å². The molecular weight excluding hydrogens is 178 g/mol. The van der Waals surface area contributed by atoms with Crippen LogP contribution in [0.3, 0.4) is 0 Å². The Balaban J connectivity index is 2.78. The lowest BCUT2D eigenvalue weighted by molar-refractivity contribution is -0.400. The van der Waals surface area contributed by atoms with Crippen LogP contribution in [0.1, 0.15) is 30.9 Å². The van der Waals surface area contributed by atoms with E-state index in [2.05, 4.69) is 13.8 Å². The Morgan fingerprint density at radius 1 is 1.29 bits per heavy atom. The van der Waals surface area contributed by atoms with Gasteiger partial charge in [0.1, 0.15) is 0 Å². The molecule has 0 bridgehead atoms. The first kappa shape index (κ1) is 10.4. The second kappa shape index (κ2) is 4.56. The van der Waals surface area contributed by atoms with E-state index in [9.17, 15) is 10.1 Å². The standard InChI is InChI=1S/C11H13NO2/c1-9(2)11-5-3-10(4-6-11)7-8-12(13)14/h3-9H,1-2H3. The molecule has 0 aliphatic rings. The van der Waals surface area contributed by atoms with E-state index in [-0.39, 0.29) is 0 Å². The van der Waals surface area contributed by atoms with Crippen LogP contribution in [0.15, 0.2) is 30.5 Å². The van der Waals surface area contributed by atoms with Crippen LogP contribution in [-0.2, 0) is 0 Å². The van der Waals surface area contributed by atoms with Gasteiger partial charge >= 0.3 is 0 Å². The summed E-state index contributed by atoms with van der Waals surface area (Å²) in [5, 5.41) is 10.1. The summed E-state index contributed by atoms with van der Waals surface area (Å²) in [6.45, 7) is 4.23. The molecule has 3 nitrogen and oxygen atoms in total. The number of rotatable bonds is 3. The van der Waals surface area contributed by atoms with Crippen LogP contribution in [0, 0.1) is 10.1 Å². The molecule has 0 amide bonds. The fraction of sp³-hybridized carbons (Fsp3) is 0.273. The van der Waals surface area contributed by atoms with Gasteiger partial charge in [-0.05, 0) is 17.0 Å². The van der Waals surface area contributed by atoms with Crippen LogP contribution in [0.2, 0.25) is 0 Å². The van der Waals surface area contributed by atoms with Crippen molar-refractivity contribution >= 4 is 6.08 Å². The van der Waals surface area contributed by atoms with Gasteiger partial charge in [-0.1, -0.05) is 38.1 Å². The fourth-order valence-corrected chi connectivity index (χ4v) is 1.14. The van der Waals surface area contributed by atoms with E-state index >= 15 is 0 Å². The van der Waals surface area contributed by atoms with Crippen molar-refractivity contribution in [2.24, 2.45) is 0 Å². The molecule has 0 aliphatic carbocycles. The zero-order valence-electron chi connectivity index (χ0n) is 8.31. The minimum atomic E-state index is -0.462. The summed E-state index contributed by atoms with van der Waals surface area (Å²) in [4.78, 5) is 9.60. The first-order chi connectivity index (χ1) is 6.59. The molecule has 3 heteroatoms. The molecule has 1 aromatic rings. The van der Waals surface area contributed by atoms with Crippen molar-refractivity contribution in [1.82, 2.24) is 0 Å². The second-order valence-corrected chi connectivity index (χ2v) is 3.42. The molecule has 0 spiro atoms. The molecule has 0 atom stereocenters. The third-order valence-electron chi connectivity index (χ3n) is 1.99. The summed E-state index contributed by atoms with van der Waals surface area (Å²) in [5.74, 6) is 0.489. The Kier molecular flexibility index (Phi) is 3.40. The highest BCUT2D eigenvalue weighted by Gasteiger charge is 1.97. The first-order valence-electron chi connectivity index (χ1n) is 4.51. The van der Waals surface area contributed by atoms with E-state index in [1.165, 1.54) is 11.6 Å². The fourth-order valence-electron chi connectivity index (χ4n) is 1.14. The molecule has 0 N–H and O–H groups in total. The molecule has 0 saturated heterocycles. The Morgan fingerprint density at radius 2 is 1.86 bits per heavy atom. The van der Waals surface area contributed by atoms with E-state index in [1.54, 1.807) is 0 Å². The van der Waals surface area contributed by atoms with Gasteiger partial charge in [0.2, 0.25) is 6.20 Å². The monoisotopic (exact) mass is 191 g/mol. The average molecular weight is 191 g/mol. The van der Waals surface area contributed by atoms with Gasteiger partial charge in [0, 0.05) is 6.08 Å². The number of hydrogen-bond donors (Lipinski definition) is 0. The Bertz CT molecular complexity index is 339. The molecule has 74 valence electrons.